The maximum atomic E-state index is 6.16. The van der Waals surface area contributed by atoms with Crippen molar-refractivity contribution in [3.63, 3.8) is 0 Å². The normalized spacial score (nSPS) is 40.3. The van der Waals surface area contributed by atoms with Gasteiger partial charge in [-0.05, 0) is 71.1 Å². The van der Waals surface area contributed by atoms with E-state index < -0.39 is 0 Å². The maximum Gasteiger partial charge on any atom is 0.0657 e. The molecule has 0 aromatic heterocycles. The van der Waals surface area contributed by atoms with E-state index in [1.165, 1.54) is 38.5 Å². The molecule has 2 heterocycles. The van der Waals surface area contributed by atoms with Gasteiger partial charge < -0.3 is 9.47 Å². The zero-order valence-electron chi connectivity index (χ0n) is 13.5. The van der Waals surface area contributed by atoms with Crippen LogP contribution in [0.25, 0.3) is 0 Å². The molecule has 2 aliphatic rings. The average molecular weight is 268 g/mol. The summed E-state index contributed by atoms with van der Waals surface area (Å²) >= 11 is 0. The van der Waals surface area contributed by atoms with Crippen molar-refractivity contribution in [2.45, 2.75) is 90.4 Å². The molecule has 112 valence electrons. The lowest BCUT2D eigenvalue weighted by Crippen LogP contribution is -2.37. The van der Waals surface area contributed by atoms with Crippen molar-refractivity contribution in [3.8, 4) is 0 Å². The summed E-state index contributed by atoms with van der Waals surface area (Å²) in [5, 5.41) is 0. The van der Waals surface area contributed by atoms with Crippen LogP contribution in [0, 0.1) is 11.8 Å². The molecule has 2 fully saturated rings. The van der Waals surface area contributed by atoms with Gasteiger partial charge in [-0.15, -0.1) is 0 Å². The molecule has 4 unspecified atom stereocenters. The van der Waals surface area contributed by atoms with Gasteiger partial charge in [0, 0.05) is 6.61 Å². The Morgan fingerprint density at radius 2 is 1.95 bits per heavy atom. The molecule has 2 heteroatoms. The van der Waals surface area contributed by atoms with Gasteiger partial charge >= 0.3 is 0 Å². The molecule has 2 rings (SSSR count). The summed E-state index contributed by atoms with van der Waals surface area (Å²) in [6.07, 6.45) is 7.74. The van der Waals surface area contributed by atoms with Gasteiger partial charge in [0.2, 0.25) is 0 Å². The molecule has 0 spiro atoms. The number of ether oxygens (including phenoxy) is 2. The third-order valence-electron chi connectivity index (χ3n) is 5.11. The van der Waals surface area contributed by atoms with E-state index in [9.17, 15) is 0 Å². The molecule has 0 saturated carbocycles. The van der Waals surface area contributed by atoms with E-state index in [4.69, 9.17) is 9.47 Å². The van der Waals surface area contributed by atoms with Crippen molar-refractivity contribution >= 4 is 0 Å². The number of rotatable bonds is 4. The Labute approximate surface area is 119 Å². The highest BCUT2D eigenvalue weighted by molar-refractivity contribution is 4.86. The molecule has 4 atom stereocenters. The Morgan fingerprint density at radius 1 is 1.21 bits per heavy atom. The third-order valence-corrected chi connectivity index (χ3v) is 5.11. The van der Waals surface area contributed by atoms with Gasteiger partial charge in [-0.2, -0.15) is 0 Å². The van der Waals surface area contributed by atoms with Crippen molar-refractivity contribution in [1.29, 1.82) is 0 Å². The number of hydrogen-bond acceptors (Lipinski definition) is 2. The third kappa shape index (κ3) is 4.19. The zero-order chi connectivity index (χ0) is 14.1. The standard InChI is InChI=1S/C17H32O2/c1-13-8-11-18-17(5,12-13)10-6-14(2)15-7-9-16(3,4)19-15/h13-15H,6-12H2,1-5H3. The highest BCUT2D eigenvalue weighted by Gasteiger charge is 2.36. The summed E-state index contributed by atoms with van der Waals surface area (Å²) < 4.78 is 12.2. The molecule has 0 amide bonds. The van der Waals surface area contributed by atoms with E-state index in [2.05, 4.69) is 34.6 Å². The van der Waals surface area contributed by atoms with Crippen LogP contribution in [0.15, 0.2) is 0 Å². The van der Waals surface area contributed by atoms with Gasteiger partial charge in [0.05, 0.1) is 17.3 Å². The van der Waals surface area contributed by atoms with Gasteiger partial charge in [0.25, 0.3) is 0 Å². The van der Waals surface area contributed by atoms with E-state index in [1.807, 2.05) is 0 Å². The van der Waals surface area contributed by atoms with Crippen LogP contribution < -0.4 is 0 Å². The molecule has 2 nitrogen and oxygen atoms in total. The van der Waals surface area contributed by atoms with Gasteiger partial charge in [-0.25, -0.2) is 0 Å². The molecule has 0 aromatic rings. The largest absolute Gasteiger partial charge is 0.375 e. The van der Waals surface area contributed by atoms with E-state index >= 15 is 0 Å². The van der Waals surface area contributed by atoms with Crippen LogP contribution in [-0.2, 0) is 9.47 Å². The van der Waals surface area contributed by atoms with Crippen LogP contribution in [0.5, 0.6) is 0 Å². The highest BCUT2D eigenvalue weighted by Crippen LogP contribution is 2.37. The van der Waals surface area contributed by atoms with Crippen LogP contribution in [0.3, 0.4) is 0 Å². The zero-order valence-corrected chi connectivity index (χ0v) is 13.5. The van der Waals surface area contributed by atoms with Crippen molar-refractivity contribution in [2.24, 2.45) is 11.8 Å². The molecular formula is C17H32O2. The lowest BCUT2D eigenvalue weighted by molar-refractivity contribution is -0.0946. The van der Waals surface area contributed by atoms with Crippen molar-refractivity contribution in [2.75, 3.05) is 6.61 Å². The predicted molar refractivity (Wildman–Crippen MR) is 79.3 cm³/mol. The van der Waals surface area contributed by atoms with Crippen molar-refractivity contribution in [1.82, 2.24) is 0 Å². The van der Waals surface area contributed by atoms with Crippen molar-refractivity contribution in [3.05, 3.63) is 0 Å². The highest BCUT2D eigenvalue weighted by atomic mass is 16.5. The minimum Gasteiger partial charge on any atom is -0.375 e. The summed E-state index contributed by atoms with van der Waals surface area (Å²) in [5.41, 5.74) is 0.207. The summed E-state index contributed by atoms with van der Waals surface area (Å²) in [6, 6.07) is 0. The lowest BCUT2D eigenvalue weighted by atomic mass is 9.82. The van der Waals surface area contributed by atoms with Gasteiger partial charge in [0.15, 0.2) is 0 Å². The first-order valence-electron chi connectivity index (χ1n) is 8.11. The average Bonchev–Trinajstić information content (AvgIpc) is 2.66. The van der Waals surface area contributed by atoms with E-state index in [-0.39, 0.29) is 11.2 Å². The second-order valence-corrected chi connectivity index (χ2v) is 7.87. The second kappa shape index (κ2) is 5.73. The molecule has 2 saturated heterocycles. The van der Waals surface area contributed by atoms with Crippen molar-refractivity contribution < 1.29 is 9.47 Å². The van der Waals surface area contributed by atoms with E-state index in [1.54, 1.807) is 0 Å². The minimum absolute atomic E-state index is 0.0959. The predicted octanol–water partition coefficient (Wildman–Crippen LogP) is 4.57. The molecule has 0 N–H and O–H groups in total. The molecule has 0 aromatic carbocycles. The summed E-state index contributed by atoms with van der Waals surface area (Å²) in [4.78, 5) is 0. The summed E-state index contributed by atoms with van der Waals surface area (Å²) in [7, 11) is 0. The van der Waals surface area contributed by atoms with E-state index in [0.29, 0.717) is 12.0 Å². The topological polar surface area (TPSA) is 18.5 Å². The van der Waals surface area contributed by atoms with Gasteiger partial charge in [-0.1, -0.05) is 13.8 Å². The van der Waals surface area contributed by atoms with Crippen LogP contribution in [0.1, 0.15) is 73.1 Å². The van der Waals surface area contributed by atoms with Crippen LogP contribution in [-0.4, -0.2) is 23.9 Å². The van der Waals surface area contributed by atoms with E-state index in [0.717, 1.165) is 12.5 Å². The Balaban J connectivity index is 1.78. The smallest absolute Gasteiger partial charge is 0.0657 e. The Bertz CT molecular complexity index is 300. The van der Waals surface area contributed by atoms with Crippen LogP contribution in [0.4, 0.5) is 0 Å². The summed E-state index contributed by atoms with van der Waals surface area (Å²) in [6.45, 7) is 12.4. The quantitative estimate of drug-likeness (QED) is 0.744. The molecule has 0 aliphatic carbocycles. The fourth-order valence-corrected chi connectivity index (χ4v) is 3.72. The number of hydrogen-bond donors (Lipinski definition) is 0. The fraction of sp³-hybridized carbons (Fsp3) is 1.00. The van der Waals surface area contributed by atoms with Crippen LogP contribution >= 0.6 is 0 Å². The molecule has 2 aliphatic heterocycles. The molecule has 0 bridgehead atoms. The lowest BCUT2D eigenvalue weighted by Gasteiger charge is -2.38. The molecular weight excluding hydrogens is 236 g/mol. The second-order valence-electron chi connectivity index (χ2n) is 7.87. The first-order valence-corrected chi connectivity index (χ1v) is 8.11. The monoisotopic (exact) mass is 268 g/mol. The summed E-state index contributed by atoms with van der Waals surface area (Å²) in [5.74, 6) is 1.47. The Kier molecular flexibility index (Phi) is 4.62. The van der Waals surface area contributed by atoms with Gasteiger partial charge in [0.1, 0.15) is 0 Å². The Hall–Kier alpha value is -0.0800. The molecule has 0 radical (unpaired) electrons. The first-order chi connectivity index (χ1) is 8.80. The minimum atomic E-state index is 0.0959. The first kappa shape index (κ1) is 15.3. The SMILES string of the molecule is CC1CCOC(C)(CCC(C)C2CCC(C)(C)O2)C1. The maximum absolute atomic E-state index is 6.16. The fourth-order valence-electron chi connectivity index (χ4n) is 3.72. The van der Waals surface area contributed by atoms with Crippen LogP contribution in [0.2, 0.25) is 0 Å². The van der Waals surface area contributed by atoms with Gasteiger partial charge in [-0.3, -0.25) is 0 Å². The Morgan fingerprint density at radius 3 is 2.53 bits per heavy atom. The molecule has 19 heavy (non-hydrogen) atoms.